The maximum Gasteiger partial charge on any atom is 0.240 e. The van der Waals surface area contributed by atoms with Gasteiger partial charge < -0.3 is 24.8 Å². The molecule has 0 radical (unpaired) electrons. The van der Waals surface area contributed by atoms with Crippen molar-refractivity contribution in [2.24, 2.45) is 0 Å². The van der Waals surface area contributed by atoms with Gasteiger partial charge in [-0.25, -0.2) is 4.39 Å². The van der Waals surface area contributed by atoms with Gasteiger partial charge in [0, 0.05) is 11.8 Å². The highest BCUT2D eigenvalue weighted by atomic mass is 19.1. The average molecular weight is 424 g/mol. The number of hydrogen-bond donors (Lipinski definition) is 2. The number of anilines is 1. The number of carbonyl (C=O) groups excluding carboxylic acids is 1. The van der Waals surface area contributed by atoms with Crippen LogP contribution in [0.4, 0.5) is 10.1 Å². The number of rotatable bonds is 9. The molecule has 0 aromatic heterocycles. The molecule has 0 saturated heterocycles. The van der Waals surface area contributed by atoms with Crippen LogP contribution in [0.2, 0.25) is 0 Å². The van der Waals surface area contributed by atoms with Crippen LogP contribution < -0.4 is 24.8 Å². The van der Waals surface area contributed by atoms with Crippen LogP contribution in [-0.4, -0.2) is 33.8 Å². The molecular weight excluding hydrogens is 399 g/mol. The summed E-state index contributed by atoms with van der Waals surface area (Å²) in [6.07, 6.45) is 0. The van der Waals surface area contributed by atoms with E-state index in [0.29, 0.717) is 5.69 Å². The Morgan fingerprint density at radius 3 is 1.84 bits per heavy atom. The smallest absolute Gasteiger partial charge is 0.240 e. The quantitative estimate of drug-likeness (QED) is 0.540. The molecule has 162 valence electrons. The Morgan fingerprint density at radius 1 is 0.839 bits per heavy atom. The van der Waals surface area contributed by atoms with Crippen molar-refractivity contribution in [2.45, 2.75) is 6.04 Å². The van der Waals surface area contributed by atoms with Gasteiger partial charge in [-0.1, -0.05) is 24.3 Å². The lowest BCUT2D eigenvalue weighted by molar-refractivity contribution is -0.119. The van der Waals surface area contributed by atoms with Crippen LogP contribution in [-0.2, 0) is 4.79 Å². The minimum Gasteiger partial charge on any atom is -0.497 e. The number of ether oxygens (including phenoxy) is 3. The van der Waals surface area contributed by atoms with Gasteiger partial charge in [0.15, 0.2) is 11.6 Å². The number of carbonyl (C=O) groups is 1. The summed E-state index contributed by atoms with van der Waals surface area (Å²) in [4.78, 5) is 12.7. The summed E-state index contributed by atoms with van der Waals surface area (Å²) in [5.41, 5.74) is 2.28. The molecule has 0 saturated carbocycles. The van der Waals surface area contributed by atoms with E-state index < -0.39 is 5.82 Å². The van der Waals surface area contributed by atoms with Gasteiger partial charge in [-0.15, -0.1) is 0 Å². The van der Waals surface area contributed by atoms with Gasteiger partial charge in [0.25, 0.3) is 0 Å². The molecule has 0 aliphatic rings. The standard InChI is InChI=1S/C24H25FN2O4/c1-29-19-9-4-16(5-10-19)24(17-6-11-20(30-2)12-7-17)27-23(28)15-26-18-8-13-22(31-3)21(25)14-18/h4-14,24,26H,15H2,1-3H3,(H,27,28). The van der Waals surface area contributed by atoms with Crippen LogP contribution in [0.1, 0.15) is 17.2 Å². The Balaban J connectivity index is 1.75. The van der Waals surface area contributed by atoms with E-state index in [-0.39, 0.29) is 24.2 Å². The zero-order valence-electron chi connectivity index (χ0n) is 17.6. The van der Waals surface area contributed by atoms with Crippen molar-refractivity contribution in [2.75, 3.05) is 33.2 Å². The van der Waals surface area contributed by atoms with Crippen molar-refractivity contribution >= 4 is 11.6 Å². The zero-order chi connectivity index (χ0) is 22.2. The predicted octanol–water partition coefficient (Wildman–Crippen LogP) is 4.17. The molecule has 0 spiro atoms. The van der Waals surface area contributed by atoms with Gasteiger partial charge in [0.05, 0.1) is 33.9 Å². The Kier molecular flexibility index (Phi) is 7.32. The normalized spacial score (nSPS) is 10.5. The van der Waals surface area contributed by atoms with E-state index in [1.54, 1.807) is 20.3 Å². The molecule has 6 nitrogen and oxygen atoms in total. The second-order valence-electron chi connectivity index (χ2n) is 6.75. The van der Waals surface area contributed by atoms with Crippen molar-refractivity contribution in [1.82, 2.24) is 5.32 Å². The fourth-order valence-electron chi connectivity index (χ4n) is 3.12. The van der Waals surface area contributed by atoms with Crippen molar-refractivity contribution in [3.05, 3.63) is 83.7 Å². The topological polar surface area (TPSA) is 68.8 Å². The zero-order valence-corrected chi connectivity index (χ0v) is 17.6. The van der Waals surface area contributed by atoms with Gasteiger partial charge in [-0.3, -0.25) is 4.79 Å². The summed E-state index contributed by atoms with van der Waals surface area (Å²) in [7, 11) is 4.61. The number of halogens is 1. The molecule has 0 fully saturated rings. The molecule has 31 heavy (non-hydrogen) atoms. The highest BCUT2D eigenvalue weighted by Gasteiger charge is 2.17. The molecule has 0 aliphatic heterocycles. The number of amides is 1. The summed E-state index contributed by atoms with van der Waals surface area (Å²) in [5, 5.41) is 5.96. The van der Waals surface area contributed by atoms with Crippen LogP contribution in [0.3, 0.4) is 0 Å². The molecular formula is C24H25FN2O4. The van der Waals surface area contributed by atoms with Crippen LogP contribution in [0.15, 0.2) is 66.7 Å². The lowest BCUT2D eigenvalue weighted by Gasteiger charge is -2.21. The minimum atomic E-state index is -0.498. The Labute approximate surface area is 181 Å². The molecule has 3 aromatic rings. The monoisotopic (exact) mass is 424 g/mol. The second-order valence-corrected chi connectivity index (χ2v) is 6.75. The largest absolute Gasteiger partial charge is 0.497 e. The van der Waals surface area contributed by atoms with Crippen LogP contribution in [0, 0.1) is 5.82 Å². The Morgan fingerprint density at radius 2 is 1.39 bits per heavy atom. The molecule has 0 heterocycles. The first kappa shape index (κ1) is 22.0. The van der Waals surface area contributed by atoms with Crippen LogP contribution in [0.25, 0.3) is 0 Å². The number of nitrogens with one attached hydrogen (secondary N) is 2. The van der Waals surface area contributed by atoms with Crippen molar-refractivity contribution in [1.29, 1.82) is 0 Å². The third-order valence-corrected chi connectivity index (χ3v) is 4.81. The number of benzene rings is 3. The molecule has 0 atom stereocenters. The predicted molar refractivity (Wildman–Crippen MR) is 117 cm³/mol. The molecule has 7 heteroatoms. The van der Waals surface area contributed by atoms with E-state index in [1.807, 2.05) is 48.5 Å². The van der Waals surface area contributed by atoms with E-state index in [0.717, 1.165) is 22.6 Å². The number of hydrogen-bond acceptors (Lipinski definition) is 5. The first-order valence-corrected chi connectivity index (χ1v) is 9.68. The first-order chi connectivity index (χ1) is 15.0. The molecule has 3 aromatic carbocycles. The van der Waals surface area contributed by atoms with Gasteiger partial charge in [0.1, 0.15) is 11.5 Å². The number of methoxy groups -OCH3 is 3. The van der Waals surface area contributed by atoms with E-state index in [1.165, 1.54) is 19.2 Å². The van der Waals surface area contributed by atoms with Gasteiger partial charge in [-0.2, -0.15) is 0 Å². The highest BCUT2D eigenvalue weighted by Crippen LogP contribution is 2.26. The first-order valence-electron chi connectivity index (χ1n) is 9.68. The third kappa shape index (κ3) is 5.66. The maximum absolute atomic E-state index is 13.9. The van der Waals surface area contributed by atoms with Crippen molar-refractivity contribution in [3.8, 4) is 17.2 Å². The Hall–Kier alpha value is -3.74. The maximum atomic E-state index is 13.9. The molecule has 0 bridgehead atoms. The lowest BCUT2D eigenvalue weighted by Crippen LogP contribution is -2.34. The lowest BCUT2D eigenvalue weighted by atomic mass is 9.98. The molecule has 0 unspecified atom stereocenters. The van der Waals surface area contributed by atoms with Crippen molar-refractivity contribution in [3.63, 3.8) is 0 Å². The van der Waals surface area contributed by atoms with Gasteiger partial charge >= 0.3 is 0 Å². The minimum absolute atomic E-state index is 0.0193. The summed E-state index contributed by atoms with van der Waals surface area (Å²) in [6.45, 7) is -0.0193. The average Bonchev–Trinajstić information content (AvgIpc) is 2.81. The van der Waals surface area contributed by atoms with E-state index in [4.69, 9.17) is 14.2 Å². The summed E-state index contributed by atoms with van der Waals surface area (Å²) in [5.74, 6) is 0.864. The molecule has 3 rings (SSSR count). The second kappa shape index (κ2) is 10.3. The summed E-state index contributed by atoms with van der Waals surface area (Å²) in [6, 6.07) is 19.1. The van der Waals surface area contributed by atoms with E-state index in [9.17, 15) is 9.18 Å². The third-order valence-electron chi connectivity index (χ3n) is 4.81. The van der Waals surface area contributed by atoms with Gasteiger partial charge in [0.2, 0.25) is 5.91 Å². The van der Waals surface area contributed by atoms with Crippen LogP contribution >= 0.6 is 0 Å². The molecule has 2 N–H and O–H groups in total. The van der Waals surface area contributed by atoms with Gasteiger partial charge in [-0.05, 0) is 47.5 Å². The molecule has 1 amide bonds. The summed E-state index contributed by atoms with van der Waals surface area (Å²) >= 11 is 0. The highest BCUT2D eigenvalue weighted by molar-refractivity contribution is 5.81. The SMILES string of the molecule is COc1ccc(C(NC(=O)CNc2ccc(OC)c(F)c2)c2ccc(OC)cc2)cc1. The molecule has 0 aliphatic carbocycles. The van der Waals surface area contributed by atoms with E-state index >= 15 is 0 Å². The fraction of sp³-hybridized carbons (Fsp3) is 0.208. The van der Waals surface area contributed by atoms with Crippen LogP contribution in [0.5, 0.6) is 17.2 Å². The van der Waals surface area contributed by atoms with E-state index in [2.05, 4.69) is 10.6 Å². The Bertz CT molecular complexity index is 960. The fourth-order valence-corrected chi connectivity index (χ4v) is 3.12. The summed E-state index contributed by atoms with van der Waals surface area (Å²) < 4.78 is 29.2. The van der Waals surface area contributed by atoms with Crippen molar-refractivity contribution < 1.29 is 23.4 Å².